The first kappa shape index (κ1) is 12.2. The third-order valence-corrected chi connectivity index (χ3v) is 3.83. The first-order chi connectivity index (χ1) is 8.23. The van der Waals surface area contributed by atoms with Gasteiger partial charge in [-0.3, -0.25) is 4.79 Å². The summed E-state index contributed by atoms with van der Waals surface area (Å²) >= 11 is 0. The highest BCUT2D eigenvalue weighted by Crippen LogP contribution is 2.48. The molecule has 92 valence electrons. The number of hydrogen-bond acceptors (Lipinski definition) is 1. The minimum absolute atomic E-state index is 0.218. The van der Waals surface area contributed by atoms with E-state index >= 15 is 0 Å². The maximum atomic E-state index is 12.3. The van der Waals surface area contributed by atoms with Crippen LogP contribution in [0.25, 0.3) is 0 Å². The maximum absolute atomic E-state index is 12.3. The summed E-state index contributed by atoms with van der Waals surface area (Å²) in [4.78, 5) is 12.3. The van der Waals surface area contributed by atoms with Crippen LogP contribution in [-0.4, -0.2) is 11.9 Å². The lowest BCUT2D eigenvalue weighted by atomic mass is 9.94. The normalized spacial score (nSPS) is 16.9. The lowest BCUT2D eigenvalue weighted by molar-refractivity contribution is -0.124. The molecule has 0 unspecified atom stereocenters. The van der Waals surface area contributed by atoms with Gasteiger partial charge in [-0.1, -0.05) is 44.2 Å². The van der Waals surface area contributed by atoms with Crippen LogP contribution in [-0.2, 0) is 10.2 Å². The van der Waals surface area contributed by atoms with Gasteiger partial charge < -0.3 is 5.32 Å². The molecule has 0 radical (unpaired) electrons. The molecule has 1 amide bonds. The Bertz CT molecular complexity index is 377. The van der Waals surface area contributed by atoms with Gasteiger partial charge in [0.2, 0.25) is 5.91 Å². The van der Waals surface area contributed by atoms with Crippen LogP contribution < -0.4 is 5.32 Å². The number of carbonyl (C=O) groups excluding carboxylic acids is 1. The Morgan fingerprint density at radius 2 is 1.82 bits per heavy atom. The topological polar surface area (TPSA) is 29.1 Å². The van der Waals surface area contributed by atoms with E-state index in [2.05, 4.69) is 31.3 Å². The fourth-order valence-corrected chi connectivity index (χ4v) is 2.35. The van der Waals surface area contributed by atoms with E-state index < -0.39 is 0 Å². The van der Waals surface area contributed by atoms with Gasteiger partial charge in [0, 0.05) is 6.04 Å². The number of benzene rings is 1. The van der Waals surface area contributed by atoms with E-state index in [1.54, 1.807) is 0 Å². The summed E-state index contributed by atoms with van der Waals surface area (Å²) in [6.45, 7) is 4.24. The number of amides is 1. The minimum atomic E-state index is -0.218. The molecule has 2 rings (SSSR count). The Kier molecular flexibility index (Phi) is 3.51. The van der Waals surface area contributed by atoms with Gasteiger partial charge in [-0.15, -0.1) is 0 Å². The molecule has 0 bridgehead atoms. The molecular formula is C15H21NO. The van der Waals surface area contributed by atoms with Gasteiger partial charge in [0.1, 0.15) is 0 Å². The van der Waals surface area contributed by atoms with Crippen molar-refractivity contribution in [3.63, 3.8) is 0 Å². The molecule has 2 nitrogen and oxygen atoms in total. The largest absolute Gasteiger partial charge is 0.353 e. The van der Waals surface area contributed by atoms with Gasteiger partial charge in [0.15, 0.2) is 0 Å². The Hall–Kier alpha value is -1.31. The molecule has 0 atom stereocenters. The Balaban J connectivity index is 2.09. The molecule has 2 heteroatoms. The van der Waals surface area contributed by atoms with E-state index in [9.17, 15) is 4.79 Å². The summed E-state index contributed by atoms with van der Waals surface area (Å²) in [6, 6.07) is 10.5. The van der Waals surface area contributed by atoms with E-state index in [0.29, 0.717) is 6.04 Å². The molecule has 1 aliphatic rings. The van der Waals surface area contributed by atoms with Crippen molar-refractivity contribution in [3.05, 3.63) is 35.9 Å². The van der Waals surface area contributed by atoms with Gasteiger partial charge >= 0.3 is 0 Å². The third-order valence-electron chi connectivity index (χ3n) is 3.83. The zero-order valence-electron chi connectivity index (χ0n) is 10.7. The smallest absolute Gasteiger partial charge is 0.230 e. The Morgan fingerprint density at radius 3 is 2.29 bits per heavy atom. The number of nitrogens with one attached hydrogen (secondary N) is 1. The third kappa shape index (κ3) is 2.36. The van der Waals surface area contributed by atoms with Crippen LogP contribution in [0.4, 0.5) is 0 Å². The first-order valence-electron chi connectivity index (χ1n) is 6.59. The molecule has 0 spiro atoms. The molecule has 1 saturated carbocycles. The predicted octanol–water partition coefficient (Wildman–Crippen LogP) is 3.02. The van der Waals surface area contributed by atoms with Crippen LogP contribution in [0.1, 0.15) is 45.1 Å². The number of carbonyl (C=O) groups is 1. The van der Waals surface area contributed by atoms with E-state index in [1.807, 2.05) is 18.2 Å². The summed E-state index contributed by atoms with van der Waals surface area (Å²) in [5.74, 6) is 0.220. The lowest BCUT2D eigenvalue weighted by Gasteiger charge is -2.20. The van der Waals surface area contributed by atoms with Crippen LogP contribution >= 0.6 is 0 Å². The van der Waals surface area contributed by atoms with Crippen molar-refractivity contribution in [2.24, 2.45) is 0 Å². The summed E-state index contributed by atoms with van der Waals surface area (Å²) in [7, 11) is 0. The average molecular weight is 231 g/mol. The zero-order chi connectivity index (χ0) is 12.3. The minimum Gasteiger partial charge on any atom is -0.353 e. The molecule has 1 N–H and O–H groups in total. The van der Waals surface area contributed by atoms with Crippen molar-refractivity contribution in [2.75, 3.05) is 0 Å². The zero-order valence-corrected chi connectivity index (χ0v) is 10.7. The molecule has 0 saturated heterocycles. The van der Waals surface area contributed by atoms with Crippen molar-refractivity contribution in [2.45, 2.75) is 51.0 Å². The van der Waals surface area contributed by atoms with Crippen LogP contribution in [0.5, 0.6) is 0 Å². The highest BCUT2D eigenvalue weighted by molar-refractivity contribution is 5.91. The predicted molar refractivity (Wildman–Crippen MR) is 69.9 cm³/mol. The first-order valence-corrected chi connectivity index (χ1v) is 6.59. The molecule has 17 heavy (non-hydrogen) atoms. The molecule has 1 aromatic carbocycles. The van der Waals surface area contributed by atoms with Gasteiger partial charge in [0.05, 0.1) is 5.41 Å². The van der Waals surface area contributed by atoms with E-state index in [0.717, 1.165) is 25.7 Å². The summed E-state index contributed by atoms with van der Waals surface area (Å²) in [5, 5.41) is 3.18. The van der Waals surface area contributed by atoms with Gasteiger partial charge in [-0.05, 0) is 31.2 Å². The van der Waals surface area contributed by atoms with Gasteiger partial charge in [0.25, 0.3) is 0 Å². The molecule has 0 aromatic heterocycles. The SMILES string of the molecule is CCC(CC)NC(=O)C1(c2ccccc2)CC1. The standard InChI is InChI=1S/C15H21NO/c1-3-13(4-2)16-14(17)15(10-11-15)12-8-6-5-7-9-12/h5-9,13H,3-4,10-11H2,1-2H3,(H,16,17). The molecule has 1 fully saturated rings. The van der Waals surface area contributed by atoms with Crippen molar-refractivity contribution < 1.29 is 4.79 Å². The van der Waals surface area contributed by atoms with Gasteiger partial charge in [-0.2, -0.15) is 0 Å². The summed E-state index contributed by atoms with van der Waals surface area (Å²) in [6.07, 6.45) is 3.99. The van der Waals surface area contributed by atoms with E-state index in [4.69, 9.17) is 0 Å². The Morgan fingerprint density at radius 1 is 1.24 bits per heavy atom. The monoisotopic (exact) mass is 231 g/mol. The second-order valence-electron chi connectivity index (χ2n) is 4.94. The summed E-state index contributed by atoms with van der Waals surface area (Å²) in [5.41, 5.74) is 0.951. The highest BCUT2D eigenvalue weighted by Gasteiger charge is 2.51. The second-order valence-corrected chi connectivity index (χ2v) is 4.94. The molecule has 0 aliphatic heterocycles. The number of rotatable bonds is 5. The molecule has 1 aromatic rings. The van der Waals surface area contributed by atoms with Crippen LogP contribution in [0.3, 0.4) is 0 Å². The number of hydrogen-bond donors (Lipinski definition) is 1. The van der Waals surface area contributed by atoms with Crippen molar-refractivity contribution in [1.29, 1.82) is 0 Å². The highest BCUT2D eigenvalue weighted by atomic mass is 16.2. The second kappa shape index (κ2) is 4.91. The van der Waals surface area contributed by atoms with Crippen LogP contribution in [0, 0.1) is 0 Å². The molecular weight excluding hydrogens is 210 g/mol. The Labute approximate surface area is 103 Å². The van der Waals surface area contributed by atoms with Crippen LogP contribution in [0.2, 0.25) is 0 Å². The fraction of sp³-hybridized carbons (Fsp3) is 0.533. The fourth-order valence-electron chi connectivity index (χ4n) is 2.35. The average Bonchev–Trinajstić information content (AvgIpc) is 3.18. The summed E-state index contributed by atoms with van der Waals surface area (Å²) < 4.78 is 0. The lowest BCUT2D eigenvalue weighted by Crippen LogP contribution is -2.41. The quantitative estimate of drug-likeness (QED) is 0.829. The van der Waals surface area contributed by atoms with Crippen molar-refractivity contribution in [1.82, 2.24) is 5.32 Å². The van der Waals surface area contributed by atoms with E-state index in [-0.39, 0.29) is 11.3 Å². The van der Waals surface area contributed by atoms with Crippen LogP contribution in [0.15, 0.2) is 30.3 Å². The van der Waals surface area contributed by atoms with Gasteiger partial charge in [-0.25, -0.2) is 0 Å². The molecule has 1 aliphatic carbocycles. The maximum Gasteiger partial charge on any atom is 0.230 e. The van der Waals surface area contributed by atoms with E-state index in [1.165, 1.54) is 5.56 Å². The van der Waals surface area contributed by atoms with Crippen molar-refractivity contribution >= 4 is 5.91 Å². The van der Waals surface area contributed by atoms with Crippen molar-refractivity contribution in [3.8, 4) is 0 Å². The molecule has 0 heterocycles.